The van der Waals surface area contributed by atoms with Gasteiger partial charge in [-0.05, 0) is 18.1 Å². The quantitative estimate of drug-likeness (QED) is 0.523. The van der Waals surface area contributed by atoms with Gasteiger partial charge >= 0.3 is 5.97 Å². The summed E-state index contributed by atoms with van der Waals surface area (Å²) in [5.74, 6) is 4.50. The zero-order chi connectivity index (χ0) is 18.5. The smallest absolute Gasteiger partial charge is 0.325 e. The number of H-pyrrole nitrogens is 1. The average molecular weight is 350 g/mol. The number of esters is 1. The first kappa shape index (κ1) is 17.0. The molecule has 2 N–H and O–H groups in total. The van der Waals surface area contributed by atoms with Crippen molar-refractivity contribution in [1.29, 1.82) is 0 Å². The van der Waals surface area contributed by atoms with Crippen LogP contribution in [0.2, 0.25) is 0 Å². The van der Waals surface area contributed by atoms with Crippen LogP contribution in [0.1, 0.15) is 21.6 Å². The summed E-state index contributed by atoms with van der Waals surface area (Å²) in [5, 5.41) is 5.15. The molecule has 26 heavy (non-hydrogen) atoms. The average Bonchev–Trinajstić information content (AvgIpc) is 3.14. The molecule has 3 aromatic rings. The number of fused-ring (bicyclic) bond motifs is 1. The van der Waals surface area contributed by atoms with Crippen molar-refractivity contribution in [2.24, 2.45) is 0 Å². The van der Waals surface area contributed by atoms with Gasteiger partial charge in [0.1, 0.15) is 24.1 Å². The molecule has 8 nitrogen and oxygen atoms in total. The molecule has 0 atom stereocenters. The van der Waals surface area contributed by atoms with E-state index in [0.29, 0.717) is 5.69 Å². The van der Waals surface area contributed by atoms with Gasteiger partial charge in [0.2, 0.25) is 0 Å². The van der Waals surface area contributed by atoms with Crippen LogP contribution in [-0.4, -0.2) is 40.1 Å². The Hall–Kier alpha value is -3.86. The number of amides is 1. The maximum atomic E-state index is 12.4. The third-order valence-corrected chi connectivity index (χ3v) is 3.52. The minimum absolute atomic E-state index is 0.122. The minimum atomic E-state index is -0.715. The topological polar surface area (TPSA) is 106 Å². The Balaban J connectivity index is 1.99. The first-order chi connectivity index (χ1) is 12.6. The summed E-state index contributed by atoms with van der Waals surface area (Å²) in [5.41, 5.74) is 0.540. The highest BCUT2D eigenvalue weighted by Crippen LogP contribution is 2.06. The number of hydrogen-bond acceptors (Lipinski definition) is 5. The molecular formula is C18H14N4O4. The molecule has 0 bridgehead atoms. The van der Waals surface area contributed by atoms with E-state index in [1.165, 1.54) is 24.0 Å². The number of carbonyl (C=O) groups excluding carboxylic acids is 2. The Morgan fingerprint density at radius 2 is 2.04 bits per heavy atom. The standard InChI is InChI=1S/C18H14N4O4/c1-26-15(24)10-19-18(25)16-14(23)9-13(22-17(16)20-11-21-22)8-7-12-5-3-2-4-6-12/h2-6,9,11H,10H2,1H3,(H,19,25)(H,20,21). The number of ether oxygens (including phenoxy) is 1. The molecule has 130 valence electrons. The number of carbonyl (C=O) groups is 2. The van der Waals surface area contributed by atoms with Crippen LogP contribution in [0.3, 0.4) is 0 Å². The van der Waals surface area contributed by atoms with E-state index in [2.05, 4.69) is 32.0 Å². The highest BCUT2D eigenvalue weighted by molar-refractivity contribution is 6.00. The molecule has 0 radical (unpaired) electrons. The first-order valence-corrected chi connectivity index (χ1v) is 7.61. The van der Waals surface area contributed by atoms with Crippen molar-refractivity contribution in [1.82, 2.24) is 19.9 Å². The largest absolute Gasteiger partial charge is 0.468 e. The molecule has 2 aromatic heterocycles. The van der Waals surface area contributed by atoms with Gasteiger partial charge in [0.25, 0.3) is 5.91 Å². The second kappa shape index (κ2) is 7.36. The molecule has 3 rings (SSSR count). The lowest BCUT2D eigenvalue weighted by Gasteiger charge is -2.05. The van der Waals surface area contributed by atoms with E-state index in [4.69, 9.17) is 0 Å². The molecular weight excluding hydrogens is 336 g/mol. The van der Waals surface area contributed by atoms with E-state index in [1.807, 2.05) is 30.3 Å². The second-order valence-corrected chi connectivity index (χ2v) is 5.19. The summed E-state index contributed by atoms with van der Waals surface area (Å²) in [6.07, 6.45) is 1.35. The Morgan fingerprint density at radius 3 is 2.77 bits per heavy atom. The molecule has 8 heteroatoms. The number of aromatic amines is 1. The maximum absolute atomic E-state index is 12.4. The van der Waals surface area contributed by atoms with Gasteiger partial charge in [-0.2, -0.15) is 0 Å². The van der Waals surface area contributed by atoms with Gasteiger partial charge in [-0.1, -0.05) is 24.1 Å². The van der Waals surface area contributed by atoms with E-state index in [1.54, 1.807) is 0 Å². The number of pyridine rings is 1. The number of benzene rings is 1. The van der Waals surface area contributed by atoms with Crippen LogP contribution in [0.5, 0.6) is 0 Å². The second-order valence-electron chi connectivity index (χ2n) is 5.19. The van der Waals surface area contributed by atoms with E-state index in [9.17, 15) is 14.4 Å². The Labute approximate surface area is 147 Å². The summed E-state index contributed by atoms with van der Waals surface area (Å²) < 4.78 is 5.89. The predicted molar refractivity (Wildman–Crippen MR) is 92.6 cm³/mol. The molecule has 1 amide bonds. The van der Waals surface area contributed by atoms with Crippen molar-refractivity contribution in [3.8, 4) is 11.8 Å². The van der Waals surface area contributed by atoms with Gasteiger partial charge in [-0.15, -0.1) is 0 Å². The van der Waals surface area contributed by atoms with Crippen LogP contribution in [0, 0.1) is 11.8 Å². The fourth-order valence-corrected chi connectivity index (χ4v) is 2.27. The number of methoxy groups -OCH3 is 1. The number of hydrogen-bond donors (Lipinski definition) is 2. The van der Waals surface area contributed by atoms with Crippen molar-refractivity contribution in [3.63, 3.8) is 0 Å². The maximum Gasteiger partial charge on any atom is 0.325 e. The SMILES string of the molecule is COC(=O)CNC(=O)c1c(=O)cc(C#Cc2ccccc2)n2[nH]cnc12. The molecule has 0 fully saturated rings. The Kier molecular flexibility index (Phi) is 4.80. The summed E-state index contributed by atoms with van der Waals surface area (Å²) in [4.78, 5) is 39.9. The normalized spacial score (nSPS) is 10.0. The summed E-state index contributed by atoms with van der Waals surface area (Å²) in [7, 11) is 1.20. The molecule has 0 unspecified atom stereocenters. The number of aromatic nitrogens is 3. The molecule has 0 aliphatic carbocycles. The van der Waals surface area contributed by atoms with E-state index < -0.39 is 17.3 Å². The summed E-state index contributed by atoms with van der Waals surface area (Å²) in [6, 6.07) is 10.5. The van der Waals surface area contributed by atoms with E-state index in [0.717, 1.165) is 5.56 Å². The fraction of sp³-hybridized carbons (Fsp3) is 0.111. The number of nitrogens with one attached hydrogen (secondary N) is 2. The van der Waals surface area contributed by atoms with E-state index >= 15 is 0 Å². The Bertz CT molecular complexity index is 1090. The number of rotatable bonds is 3. The van der Waals surface area contributed by atoms with Gasteiger partial charge in [-0.25, -0.2) is 9.50 Å². The van der Waals surface area contributed by atoms with Crippen LogP contribution in [-0.2, 0) is 9.53 Å². The lowest BCUT2D eigenvalue weighted by Crippen LogP contribution is -2.34. The van der Waals surface area contributed by atoms with Gasteiger partial charge in [0.05, 0.1) is 7.11 Å². The third kappa shape index (κ3) is 3.47. The molecule has 0 spiro atoms. The monoisotopic (exact) mass is 350 g/mol. The van der Waals surface area contributed by atoms with E-state index in [-0.39, 0.29) is 17.8 Å². The molecule has 0 saturated heterocycles. The lowest BCUT2D eigenvalue weighted by atomic mass is 10.2. The predicted octanol–water partition coefficient (Wildman–Crippen LogP) is 0.325. The summed E-state index contributed by atoms with van der Waals surface area (Å²) in [6.45, 7) is -0.346. The van der Waals surface area contributed by atoms with Gasteiger partial charge < -0.3 is 10.1 Å². The zero-order valence-corrected chi connectivity index (χ0v) is 13.8. The third-order valence-electron chi connectivity index (χ3n) is 3.52. The van der Waals surface area contributed by atoms with Gasteiger partial charge in [0, 0.05) is 11.6 Å². The van der Waals surface area contributed by atoms with Crippen LogP contribution in [0.4, 0.5) is 0 Å². The van der Waals surface area contributed by atoms with Crippen LogP contribution < -0.4 is 10.7 Å². The Morgan fingerprint density at radius 1 is 1.27 bits per heavy atom. The zero-order valence-electron chi connectivity index (χ0n) is 13.8. The molecule has 0 aliphatic rings. The van der Waals surface area contributed by atoms with Gasteiger partial charge in [-0.3, -0.25) is 19.5 Å². The molecule has 1 aromatic carbocycles. The first-order valence-electron chi connectivity index (χ1n) is 7.61. The lowest BCUT2D eigenvalue weighted by molar-refractivity contribution is -0.139. The minimum Gasteiger partial charge on any atom is -0.468 e. The molecule has 2 heterocycles. The van der Waals surface area contributed by atoms with Crippen LogP contribution in [0.25, 0.3) is 5.65 Å². The van der Waals surface area contributed by atoms with Crippen LogP contribution >= 0.6 is 0 Å². The molecule has 0 saturated carbocycles. The summed E-state index contributed by atoms with van der Waals surface area (Å²) >= 11 is 0. The van der Waals surface area contributed by atoms with Crippen molar-refractivity contribution in [3.05, 3.63) is 69.8 Å². The van der Waals surface area contributed by atoms with Crippen molar-refractivity contribution < 1.29 is 14.3 Å². The molecule has 0 aliphatic heterocycles. The van der Waals surface area contributed by atoms with Crippen LogP contribution in [0.15, 0.2) is 47.5 Å². The van der Waals surface area contributed by atoms with Crippen molar-refractivity contribution >= 4 is 17.5 Å². The number of nitrogens with zero attached hydrogens (tertiary/aromatic N) is 2. The van der Waals surface area contributed by atoms with Gasteiger partial charge in [0.15, 0.2) is 11.1 Å². The van der Waals surface area contributed by atoms with Crippen molar-refractivity contribution in [2.75, 3.05) is 13.7 Å². The highest BCUT2D eigenvalue weighted by Gasteiger charge is 2.19. The van der Waals surface area contributed by atoms with Crippen molar-refractivity contribution in [2.45, 2.75) is 0 Å². The fourth-order valence-electron chi connectivity index (χ4n) is 2.27. The highest BCUT2D eigenvalue weighted by atomic mass is 16.5.